The van der Waals surface area contributed by atoms with Crippen LogP contribution in [0.25, 0.3) is 11.1 Å². The van der Waals surface area contributed by atoms with Crippen molar-refractivity contribution in [2.75, 3.05) is 0 Å². The molecule has 0 aliphatic heterocycles. The zero-order chi connectivity index (χ0) is 19.3. The summed E-state index contributed by atoms with van der Waals surface area (Å²) < 4.78 is 0. The summed E-state index contributed by atoms with van der Waals surface area (Å²) >= 11 is 6.27. The van der Waals surface area contributed by atoms with E-state index in [1.165, 1.54) is 0 Å². The molecule has 28 heavy (non-hydrogen) atoms. The minimum atomic E-state index is 0.0822. The van der Waals surface area contributed by atoms with Gasteiger partial charge in [0.15, 0.2) is 0 Å². The van der Waals surface area contributed by atoms with E-state index >= 15 is 0 Å². The van der Waals surface area contributed by atoms with Gasteiger partial charge in [-0.05, 0) is 45.5 Å². The van der Waals surface area contributed by atoms with Crippen LogP contribution in [0.4, 0.5) is 0 Å². The third kappa shape index (κ3) is 3.71. The summed E-state index contributed by atoms with van der Waals surface area (Å²) in [6, 6.07) is 36.4. The van der Waals surface area contributed by atoms with Gasteiger partial charge in [-0.1, -0.05) is 109 Å². The molecule has 4 rings (SSSR count). The number of phenols is 1. The minimum absolute atomic E-state index is 0.0822. The van der Waals surface area contributed by atoms with Crippen molar-refractivity contribution in [2.45, 2.75) is 0 Å². The molecule has 0 heterocycles. The van der Waals surface area contributed by atoms with Gasteiger partial charge in [0.05, 0.1) is 5.02 Å². The Balaban J connectivity index is 2.10. The second kappa shape index (κ2) is 8.16. The second-order valence-corrected chi connectivity index (χ2v) is 6.92. The van der Waals surface area contributed by atoms with Gasteiger partial charge in [-0.3, -0.25) is 0 Å². The Morgan fingerprint density at radius 2 is 0.893 bits per heavy atom. The Morgan fingerprint density at radius 3 is 1.29 bits per heavy atom. The first-order valence-electron chi connectivity index (χ1n) is 9.13. The summed E-state index contributed by atoms with van der Waals surface area (Å²) in [6.07, 6.45) is 0. The highest BCUT2D eigenvalue weighted by molar-refractivity contribution is 6.32. The fourth-order valence-corrected chi connectivity index (χ4v) is 3.57. The quantitative estimate of drug-likeness (QED) is 0.375. The molecule has 136 valence electrons. The van der Waals surface area contributed by atoms with Gasteiger partial charge in [-0.15, -0.1) is 0 Å². The Morgan fingerprint density at radius 1 is 0.500 bits per heavy atom. The number of hydrogen-bond acceptors (Lipinski definition) is 1. The molecule has 4 aromatic rings. The molecule has 0 radical (unpaired) electrons. The largest absolute Gasteiger partial charge is 0.506 e. The van der Waals surface area contributed by atoms with E-state index in [1.807, 2.05) is 66.7 Å². The molecule has 0 aromatic heterocycles. The highest BCUT2D eigenvalue weighted by atomic mass is 35.5. The van der Waals surface area contributed by atoms with Crippen molar-refractivity contribution >= 4 is 22.7 Å². The Kier molecular flexibility index (Phi) is 5.27. The van der Waals surface area contributed by atoms with Gasteiger partial charge in [0.25, 0.3) is 0 Å². The molecule has 0 aliphatic rings. The molecule has 2 heteroatoms. The molecule has 1 nitrogen and oxygen atoms in total. The number of hydrogen-bond donors (Lipinski definition) is 1. The lowest BCUT2D eigenvalue weighted by Gasteiger charge is -2.18. The molecule has 0 saturated heterocycles. The number of aromatic hydroxyl groups is 1. The van der Waals surface area contributed by atoms with E-state index in [1.54, 1.807) is 6.07 Å². The standard InChI is InChI=1S/C26H19ClO/c27-23-18-22(16-17-24(23)28)26(21-14-8-3-9-15-21)25(19-10-4-1-5-11-19)20-12-6-2-7-13-20/h1-18,28H. The molecular weight excluding hydrogens is 364 g/mol. The number of phenolic OH excluding ortho intramolecular Hbond substituents is 1. The van der Waals surface area contributed by atoms with Crippen LogP contribution in [-0.4, -0.2) is 5.11 Å². The third-order valence-electron chi connectivity index (χ3n) is 4.67. The molecule has 1 N–H and O–H groups in total. The molecule has 0 amide bonds. The Bertz CT molecular complexity index is 1060. The van der Waals surface area contributed by atoms with E-state index in [0.29, 0.717) is 5.02 Å². The van der Waals surface area contributed by atoms with Crippen LogP contribution in [-0.2, 0) is 0 Å². The van der Waals surface area contributed by atoms with E-state index in [9.17, 15) is 5.11 Å². The lowest BCUT2D eigenvalue weighted by molar-refractivity contribution is 0.475. The maximum Gasteiger partial charge on any atom is 0.134 e. The van der Waals surface area contributed by atoms with Crippen LogP contribution in [0.15, 0.2) is 109 Å². The Labute approximate surface area is 170 Å². The maximum absolute atomic E-state index is 9.92. The predicted octanol–water partition coefficient (Wildman–Crippen LogP) is 7.05. The van der Waals surface area contributed by atoms with Crippen LogP contribution < -0.4 is 0 Å². The van der Waals surface area contributed by atoms with Crippen LogP contribution in [0, 0.1) is 0 Å². The summed E-state index contributed by atoms with van der Waals surface area (Å²) in [5.41, 5.74) is 6.48. The lowest BCUT2D eigenvalue weighted by Crippen LogP contribution is -1.97. The third-order valence-corrected chi connectivity index (χ3v) is 4.98. The molecule has 4 aromatic carbocycles. The zero-order valence-electron chi connectivity index (χ0n) is 15.2. The fraction of sp³-hybridized carbons (Fsp3) is 0. The van der Waals surface area contributed by atoms with Crippen LogP contribution in [0.2, 0.25) is 5.02 Å². The minimum Gasteiger partial charge on any atom is -0.506 e. The topological polar surface area (TPSA) is 20.2 Å². The Hall–Kier alpha value is -3.29. The first kappa shape index (κ1) is 18.1. The van der Waals surface area contributed by atoms with Gasteiger partial charge in [0.2, 0.25) is 0 Å². The van der Waals surface area contributed by atoms with E-state index in [0.717, 1.165) is 33.4 Å². The van der Waals surface area contributed by atoms with E-state index in [4.69, 9.17) is 11.6 Å². The highest BCUT2D eigenvalue weighted by Crippen LogP contribution is 2.38. The number of benzene rings is 4. The van der Waals surface area contributed by atoms with Crippen molar-refractivity contribution in [1.82, 2.24) is 0 Å². The molecule has 0 spiro atoms. The molecule has 0 unspecified atom stereocenters. The fourth-order valence-electron chi connectivity index (χ4n) is 3.39. The SMILES string of the molecule is Oc1ccc(C(=C(c2ccccc2)c2ccccc2)c2ccccc2)cc1Cl. The smallest absolute Gasteiger partial charge is 0.134 e. The van der Waals surface area contributed by atoms with E-state index in [2.05, 4.69) is 36.4 Å². The van der Waals surface area contributed by atoms with E-state index in [-0.39, 0.29) is 5.75 Å². The van der Waals surface area contributed by atoms with Crippen molar-refractivity contribution in [3.63, 3.8) is 0 Å². The predicted molar refractivity (Wildman–Crippen MR) is 117 cm³/mol. The van der Waals surface area contributed by atoms with Gasteiger partial charge in [-0.25, -0.2) is 0 Å². The molecular formula is C26H19ClO. The van der Waals surface area contributed by atoms with Gasteiger partial charge < -0.3 is 5.11 Å². The van der Waals surface area contributed by atoms with Crippen molar-refractivity contribution in [3.05, 3.63) is 136 Å². The second-order valence-electron chi connectivity index (χ2n) is 6.51. The molecule has 0 saturated carbocycles. The van der Waals surface area contributed by atoms with Gasteiger partial charge >= 0.3 is 0 Å². The van der Waals surface area contributed by atoms with Gasteiger partial charge in [-0.2, -0.15) is 0 Å². The first-order valence-corrected chi connectivity index (χ1v) is 9.51. The summed E-state index contributed by atoms with van der Waals surface area (Å²) in [6.45, 7) is 0. The van der Waals surface area contributed by atoms with Crippen LogP contribution >= 0.6 is 11.6 Å². The molecule has 0 atom stereocenters. The van der Waals surface area contributed by atoms with Crippen LogP contribution in [0.5, 0.6) is 5.75 Å². The average Bonchev–Trinajstić information content (AvgIpc) is 2.76. The number of halogens is 1. The highest BCUT2D eigenvalue weighted by Gasteiger charge is 2.16. The molecule has 0 bridgehead atoms. The van der Waals surface area contributed by atoms with Crippen molar-refractivity contribution in [2.24, 2.45) is 0 Å². The average molecular weight is 383 g/mol. The van der Waals surface area contributed by atoms with Crippen molar-refractivity contribution < 1.29 is 5.11 Å². The van der Waals surface area contributed by atoms with Crippen LogP contribution in [0.1, 0.15) is 22.3 Å². The molecule has 0 aliphatic carbocycles. The van der Waals surface area contributed by atoms with Crippen molar-refractivity contribution in [1.29, 1.82) is 0 Å². The first-order chi connectivity index (χ1) is 13.7. The summed E-state index contributed by atoms with van der Waals surface area (Å²) in [7, 11) is 0. The monoisotopic (exact) mass is 382 g/mol. The lowest BCUT2D eigenvalue weighted by atomic mass is 9.86. The van der Waals surface area contributed by atoms with Crippen LogP contribution in [0.3, 0.4) is 0 Å². The molecule has 0 fully saturated rings. The summed E-state index contributed by atoms with van der Waals surface area (Å²) in [5.74, 6) is 0.0822. The zero-order valence-corrected chi connectivity index (χ0v) is 16.0. The van der Waals surface area contributed by atoms with Gasteiger partial charge in [0.1, 0.15) is 5.75 Å². The summed E-state index contributed by atoms with van der Waals surface area (Å²) in [4.78, 5) is 0. The maximum atomic E-state index is 9.92. The van der Waals surface area contributed by atoms with Crippen molar-refractivity contribution in [3.8, 4) is 5.75 Å². The van der Waals surface area contributed by atoms with Gasteiger partial charge in [0, 0.05) is 0 Å². The normalized spacial score (nSPS) is 10.5. The summed E-state index contributed by atoms with van der Waals surface area (Å²) in [5, 5.41) is 10.3. The van der Waals surface area contributed by atoms with E-state index < -0.39 is 0 Å². The number of rotatable bonds is 4.